The van der Waals surface area contributed by atoms with E-state index in [4.69, 9.17) is 0 Å². The molecule has 0 saturated heterocycles. The van der Waals surface area contributed by atoms with Crippen LogP contribution in [0.5, 0.6) is 0 Å². The summed E-state index contributed by atoms with van der Waals surface area (Å²) in [4.78, 5) is 0. The summed E-state index contributed by atoms with van der Waals surface area (Å²) in [6.45, 7) is 0. The molecule has 1 N–H and O–H groups in total. The smallest absolute Gasteiger partial charge is 0.104 e. The molecular weight excluding hydrogens is 347 g/mol. The molecule has 98 valence electrons. The minimum absolute atomic E-state index is 0.521. The number of aliphatic hydroxyl groups is 1. The van der Waals surface area contributed by atoms with Gasteiger partial charge in [0, 0.05) is 3.57 Å². The van der Waals surface area contributed by atoms with Crippen molar-refractivity contribution in [1.82, 2.24) is 0 Å². The molecule has 1 fully saturated rings. The van der Waals surface area contributed by atoms with E-state index < -0.39 is 6.10 Å². The zero-order valence-electron chi connectivity index (χ0n) is 10.7. The van der Waals surface area contributed by atoms with Crippen molar-refractivity contribution < 1.29 is 5.11 Å². The SMILES string of the molecule is OC(c1ccc(I)cc1)c1ccc(C2CCC2)cc1. The molecule has 19 heavy (non-hydrogen) atoms. The summed E-state index contributed by atoms with van der Waals surface area (Å²) in [6, 6.07) is 16.5. The second kappa shape index (κ2) is 5.63. The molecule has 2 heteroatoms. The van der Waals surface area contributed by atoms with Gasteiger partial charge in [-0.3, -0.25) is 0 Å². The summed E-state index contributed by atoms with van der Waals surface area (Å²) < 4.78 is 1.19. The third-order valence-corrected chi connectivity index (χ3v) is 4.73. The van der Waals surface area contributed by atoms with Crippen LogP contribution in [-0.4, -0.2) is 5.11 Å². The van der Waals surface area contributed by atoms with Gasteiger partial charge in [-0.25, -0.2) is 0 Å². The molecule has 1 unspecified atom stereocenters. The van der Waals surface area contributed by atoms with Crippen molar-refractivity contribution >= 4 is 22.6 Å². The van der Waals surface area contributed by atoms with Gasteiger partial charge in [0.15, 0.2) is 0 Å². The molecule has 1 atom stereocenters. The largest absolute Gasteiger partial charge is 0.384 e. The fraction of sp³-hybridized carbons (Fsp3) is 0.294. The maximum atomic E-state index is 10.4. The van der Waals surface area contributed by atoms with Gasteiger partial charge in [0.1, 0.15) is 6.10 Å². The van der Waals surface area contributed by atoms with Crippen molar-refractivity contribution in [3.05, 3.63) is 68.8 Å². The molecule has 0 spiro atoms. The van der Waals surface area contributed by atoms with Gasteiger partial charge in [0.25, 0.3) is 0 Å². The van der Waals surface area contributed by atoms with Crippen LogP contribution in [0.2, 0.25) is 0 Å². The highest BCUT2D eigenvalue weighted by Crippen LogP contribution is 2.36. The number of hydrogen-bond acceptors (Lipinski definition) is 1. The Bertz CT molecular complexity index is 540. The fourth-order valence-corrected chi connectivity index (χ4v) is 2.89. The Morgan fingerprint density at radius 3 is 1.89 bits per heavy atom. The van der Waals surface area contributed by atoms with E-state index in [0.717, 1.165) is 17.0 Å². The van der Waals surface area contributed by atoms with Crippen LogP contribution in [0.4, 0.5) is 0 Å². The van der Waals surface area contributed by atoms with E-state index in [9.17, 15) is 5.11 Å². The van der Waals surface area contributed by atoms with E-state index in [1.54, 1.807) is 0 Å². The predicted octanol–water partition coefficient (Wildman–Crippen LogP) is 4.64. The number of halogens is 1. The van der Waals surface area contributed by atoms with E-state index in [1.807, 2.05) is 24.3 Å². The Morgan fingerprint density at radius 2 is 1.42 bits per heavy atom. The molecule has 2 aromatic rings. The molecule has 0 aromatic heterocycles. The minimum Gasteiger partial charge on any atom is -0.384 e. The molecular formula is C17H17IO. The van der Waals surface area contributed by atoms with E-state index in [2.05, 4.69) is 46.9 Å². The van der Waals surface area contributed by atoms with Gasteiger partial charge in [-0.15, -0.1) is 0 Å². The molecule has 1 saturated carbocycles. The van der Waals surface area contributed by atoms with Gasteiger partial charge in [-0.1, -0.05) is 42.8 Å². The van der Waals surface area contributed by atoms with Crippen molar-refractivity contribution in [2.45, 2.75) is 31.3 Å². The average Bonchev–Trinajstić information content (AvgIpc) is 2.38. The Morgan fingerprint density at radius 1 is 0.895 bits per heavy atom. The molecule has 0 heterocycles. The first kappa shape index (κ1) is 13.1. The normalized spacial score (nSPS) is 16.9. The summed E-state index contributed by atoms with van der Waals surface area (Å²) in [6.07, 6.45) is 3.47. The highest BCUT2D eigenvalue weighted by Gasteiger charge is 2.19. The number of benzene rings is 2. The van der Waals surface area contributed by atoms with Crippen LogP contribution in [0.1, 0.15) is 48.0 Å². The molecule has 2 aromatic carbocycles. The maximum Gasteiger partial charge on any atom is 0.104 e. The number of rotatable bonds is 3. The Hall–Kier alpha value is -0.870. The zero-order chi connectivity index (χ0) is 13.2. The fourth-order valence-electron chi connectivity index (χ4n) is 2.53. The minimum atomic E-state index is -0.521. The maximum absolute atomic E-state index is 10.4. The van der Waals surface area contributed by atoms with Crippen LogP contribution in [0.15, 0.2) is 48.5 Å². The van der Waals surface area contributed by atoms with Gasteiger partial charge < -0.3 is 5.11 Å². The van der Waals surface area contributed by atoms with E-state index in [-0.39, 0.29) is 0 Å². The molecule has 3 rings (SSSR count). The number of hydrogen-bond donors (Lipinski definition) is 1. The summed E-state index contributed by atoms with van der Waals surface area (Å²) in [5.74, 6) is 0.754. The van der Waals surface area contributed by atoms with Gasteiger partial charge in [-0.05, 0) is 70.2 Å². The topological polar surface area (TPSA) is 20.2 Å². The molecule has 0 bridgehead atoms. The zero-order valence-corrected chi connectivity index (χ0v) is 12.9. The molecule has 1 nitrogen and oxygen atoms in total. The van der Waals surface area contributed by atoms with Gasteiger partial charge in [0.05, 0.1) is 0 Å². The van der Waals surface area contributed by atoms with Gasteiger partial charge in [-0.2, -0.15) is 0 Å². The van der Waals surface area contributed by atoms with Gasteiger partial charge in [0.2, 0.25) is 0 Å². The summed E-state index contributed by atoms with van der Waals surface area (Å²) in [5.41, 5.74) is 3.35. The second-order valence-electron chi connectivity index (χ2n) is 5.25. The number of aliphatic hydroxyl groups excluding tert-OH is 1. The Balaban J connectivity index is 1.79. The van der Waals surface area contributed by atoms with Crippen LogP contribution in [0.3, 0.4) is 0 Å². The highest BCUT2D eigenvalue weighted by molar-refractivity contribution is 14.1. The third kappa shape index (κ3) is 2.84. The highest BCUT2D eigenvalue weighted by atomic mass is 127. The van der Waals surface area contributed by atoms with Gasteiger partial charge >= 0.3 is 0 Å². The van der Waals surface area contributed by atoms with E-state index >= 15 is 0 Å². The van der Waals surface area contributed by atoms with Crippen LogP contribution in [-0.2, 0) is 0 Å². The third-order valence-electron chi connectivity index (χ3n) is 4.01. The van der Waals surface area contributed by atoms with Crippen LogP contribution >= 0.6 is 22.6 Å². The lowest BCUT2D eigenvalue weighted by Gasteiger charge is -2.26. The molecule has 0 radical (unpaired) electrons. The summed E-state index contributed by atoms with van der Waals surface area (Å²) in [7, 11) is 0. The molecule has 1 aliphatic rings. The van der Waals surface area contributed by atoms with E-state index in [0.29, 0.717) is 0 Å². The van der Waals surface area contributed by atoms with Crippen LogP contribution in [0.25, 0.3) is 0 Å². The van der Waals surface area contributed by atoms with E-state index in [1.165, 1.54) is 28.4 Å². The molecule has 0 aliphatic heterocycles. The van der Waals surface area contributed by atoms with Crippen molar-refractivity contribution in [2.24, 2.45) is 0 Å². The van der Waals surface area contributed by atoms with Crippen molar-refractivity contribution in [3.8, 4) is 0 Å². The van der Waals surface area contributed by atoms with Crippen molar-refractivity contribution in [1.29, 1.82) is 0 Å². The molecule has 1 aliphatic carbocycles. The quantitative estimate of drug-likeness (QED) is 0.787. The molecule has 0 amide bonds. The van der Waals surface area contributed by atoms with Crippen molar-refractivity contribution in [2.75, 3.05) is 0 Å². The average molecular weight is 364 g/mol. The summed E-state index contributed by atoms with van der Waals surface area (Å²) >= 11 is 2.28. The lowest BCUT2D eigenvalue weighted by atomic mass is 9.80. The first-order chi connectivity index (χ1) is 9.24. The Kier molecular flexibility index (Phi) is 3.89. The Labute approximate surface area is 127 Å². The standard InChI is InChI=1S/C17H17IO/c18-16-10-8-15(9-11-16)17(19)14-6-4-13(5-7-14)12-2-1-3-12/h4-12,17,19H,1-3H2. The monoisotopic (exact) mass is 364 g/mol. The van der Waals surface area contributed by atoms with Crippen molar-refractivity contribution in [3.63, 3.8) is 0 Å². The van der Waals surface area contributed by atoms with Crippen LogP contribution < -0.4 is 0 Å². The first-order valence-electron chi connectivity index (χ1n) is 6.77. The lowest BCUT2D eigenvalue weighted by molar-refractivity contribution is 0.220. The first-order valence-corrected chi connectivity index (χ1v) is 7.85. The second-order valence-corrected chi connectivity index (χ2v) is 6.49. The summed E-state index contributed by atoms with van der Waals surface area (Å²) in [5, 5.41) is 10.4. The van der Waals surface area contributed by atoms with Crippen LogP contribution in [0, 0.1) is 3.57 Å². The lowest BCUT2D eigenvalue weighted by Crippen LogP contribution is -2.09. The predicted molar refractivity (Wildman–Crippen MR) is 86.3 cm³/mol.